The van der Waals surface area contributed by atoms with Crippen LogP contribution in [0.15, 0.2) is 18.2 Å². The fourth-order valence-corrected chi connectivity index (χ4v) is 1.78. The largest absolute Gasteiger partial charge is 0.439 e. The van der Waals surface area contributed by atoms with Gasteiger partial charge < -0.3 is 10.6 Å². The van der Waals surface area contributed by atoms with Gasteiger partial charge in [0.2, 0.25) is 5.91 Å². The molecule has 0 spiro atoms. The van der Waals surface area contributed by atoms with Gasteiger partial charge in [0.15, 0.2) is 0 Å². The highest BCUT2D eigenvalue weighted by Crippen LogP contribution is 2.44. The van der Waals surface area contributed by atoms with Crippen molar-refractivity contribution in [3.8, 4) is 0 Å². The molecule has 0 bridgehead atoms. The van der Waals surface area contributed by atoms with Crippen LogP contribution in [0.5, 0.6) is 0 Å². The van der Waals surface area contributed by atoms with Crippen LogP contribution in [0.2, 0.25) is 5.02 Å². The summed E-state index contributed by atoms with van der Waals surface area (Å²) >= 11 is 5.36. The van der Waals surface area contributed by atoms with Gasteiger partial charge in [0.05, 0.1) is 5.02 Å². The lowest BCUT2D eigenvalue weighted by Gasteiger charge is -2.39. The molecule has 1 rings (SSSR count). The van der Waals surface area contributed by atoms with E-state index >= 15 is 0 Å². The van der Waals surface area contributed by atoms with Crippen molar-refractivity contribution in [1.29, 1.82) is 0 Å². The lowest BCUT2D eigenvalue weighted by Crippen LogP contribution is -2.72. The minimum Gasteiger partial charge on any atom is -0.348 e. The second-order valence-electron chi connectivity index (χ2n) is 5.14. The van der Waals surface area contributed by atoms with Crippen LogP contribution in [0.25, 0.3) is 0 Å². The molecule has 0 atom stereocenters. The van der Waals surface area contributed by atoms with Crippen molar-refractivity contribution in [2.75, 3.05) is 5.32 Å². The summed E-state index contributed by atoms with van der Waals surface area (Å²) in [5.74, 6) is -3.66. The third kappa shape index (κ3) is 4.03. The van der Waals surface area contributed by atoms with Crippen molar-refractivity contribution in [1.82, 2.24) is 5.32 Å². The Labute approximate surface area is 137 Å². The van der Waals surface area contributed by atoms with Crippen molar-refractivity contribution in [3.63, 3.8) is 0 Å². The molecule has 0 fully saturated rings. The first kappa shape index (κ1) is 20.3. The molecule has 1 aromatic rings. The number of carbonyl (C=O) groups is 1. The predicted molar refractivity (Wildman–Crippen MR) is 72.9 cm³/mol. The monoisotopic (exact) mass is 380 g/mol. The Morgan fingerprint density at radius 1 is 1.08 bits per heavy atom. The van der Waals surface area contributed by atoms with Crippen molar-refractivity contribution >= 4 is 23.2 Å². The highest BCUT2D eigenvalue weighted by Gasteiger charge is 2.72. The zero-order chi connectivity index (χ0) is 18.9. The normalized spacial score (nSPS) is 13.1. The summed E-state index contributed by atoms with van der Waals surface area (Å²) in [7, 11) is 0. The number of alkyl halides is 6. The SMILES string of the molecule is CC(C)C(=O)NC(Nc1ccc(F)c(Cl)c1)(C(F)(F)F)C(F)(F)F. The Kier molecular flexibility index (Phi) is 5.64. The van der Waals surface area contributed by atoms with Gasteiger partial charge in [0.25, 0.3) is 0 Å². The summed E-state index contributed by atoms with van der Waals surface area (Å²) in [5, 5.41) is 1.46. The topological polar surface area (TPSA) is 41.1 Å². The third-order valence-corrected chi connectivity index (χ3v) is 3.23. The summed E-state index contributed by atoms with van der Waals surface area (Å²) in [5.41, 5.74) is -5.54. The van der Waals surface area contributed by atoms with E-state index in [0.29, 0.717) is 18.2 Å². The molecule has 136 valence electrons. The van der Waals surface area contributed by atoms with Crippen molar-refractivity contribution < 1.29 is 35.5 Å². The summed E-state index contributed by atoms with van der Waals surface area (Å²) in [6, 6.07) is 1.77. The lowest BCUT2D eigenvalue weighted by atomic mass is 10.1. The molecule has 0 radical (unpaired) electrons. The average Bonchev–Trinajstić information content (AvgIpc) is 2.39. The zero-order valence-electron chi connectivity index (χ0n) is 12.2. The molecule has 0 saturated heterocycles. The van der Waals surface area contributed by atoms with E-state index in [1.54, 1.807) is 0 Å². The number of hydrogen-bond donors (Lipinski definition) is 2. The Morgan fingerprint density at radius 2 is 1.58 bits per heavy atom. The maximum absolute atomic E-state index is 13.3. The third-order valence-electron chi connectivity index (χ3n) is 2.94. The smallest absolute Gasteiger partial charge is 0.348 e. The number of halogens is 8. The second kappa shape index (κ2) is 6.66. The van der Waals surface area contributed by atoms with Gasteiger partial charge in [0, 0.05) is 11.6 Å². The number of benzene rings is 1. The van der Waals surface area contributed by atoms with E-state index in [2.05, 4.69) is 0 Å². The molecule has 0 aliphatic rings. The molecule has 0 aliphatic carbocycles. The maximum Gasteiger partial charge on any atom is 0.439 e. The Bertz CT molecular complexity index is 599. The van der Waals surface area contributed by atoms with Crippen LogP contribution in [-0.2, 0) is 4.79 Å². The van der Waals surface area contributed by atoms with Crippen molar-refractivity contribution in [2.24, 2.45) is 5.92 Å². The number of hydrogen-bond acceptors (Lipinski definition) is 2. The Morgan fingerprint density at radius 3 is 1.96 bits per heavy atom. The molecule has 2 N–H and O–H groups in total. The summed E-state index contributed by atoms with van der Waals surface area (Å²) in [4.78, 5) is 11.5. The van der Waals surface area contributed by atoms with E-state index in [4.69, 9.17) is 11.6 Å². The fraction of sp³-hybridized carbons (Fsp3) is 0.462. The highest BCUT2D eigenvalue weighted by molar-refractivity contribution is 6.31. The van der Waals surface area contributed by atoms with Gasteiger partial charge in [-0.3, -0.25) is 4.79 Å². The summed E-state index contributed by atoms with van der Waals surface area (Å²) in [6.07, 6.45) is -11.9. The quantitative estimate of drug-likeness (QED) is 0.597. The standard InChI is InChI=1S/C13H12ClF7N2O/c1-6(2)10(24)23-11(12(16,17)18,13(19,20)21)22-7-3-4-9(15)8(14)5-7/h3-6,22H,1-2H3,(H,23,24). The molecular formula is C13H12ClF7N2O. The van der Waals surface area contributed by atoms with Gasteiger partial charge in [-0.1, -0.05) is 25.4 Å². The zero-order valence-corrected chi connectivity index (χ0v) is 13.0. The van der Waals surface area contributed by atoms with E-state index < -0.39 is 46.4 Å². The molecule has 24 heavy (non-hydrogen) atoms. The lowest BCUT2D eigenvalue weighted by molar-refractivity contribution is -0.296. The molecule has 0 heterocycles. The molecule has 11 heteroatoms. The molecule has 1 amide bonds. The molecular weight excluding hydrogens is 369 g/mol. The van der Waals surface area contributed by atoms with Gasteiger partial charge in [0.1, 0.15) is 5.82 Å². The minimum absolute atomic E-state index is 0.546. The Balaban J connectivity index is 3.45. The van der Waals surface area contributed by atoms with Crippen LogP contribution in [0.1, 0.15) is 13.8 Å². The van der Waals surface area contributed by atoms with Gasteiger partial charge >= 0.3 is 18.0 Å². The molecule has 0 aliphatic heterocycles. The van der Waals surface area contributed by atoms with Crippen LogP contribution in [-0.4, -0.2) is 23.9 Å². The van der Waals surface area contributed by atoms with Crippen molar-refractivity contribution in [2.45, 2.75) is 31.9 Å². The first-order chi connectivity index (χ1) is 10.7. The molecule has 0 saturated carbocycles. The van der Waals surface area contributed by atoms with Crippen LogP contribution in [0.3, 0.4) is 0 Å². The predicted octanol–water partition coefficient (Wildman–Crippen LogP) is 4.48. The van der Waals surface area contributed by atoms with E-state index in [1.165, 1.54) is 5.32 Å². The molecule has 3 nitrogen and oxygen atoms in total. The summed E-state index contributed by atoms with van der Waals surface area (Å²) < 4.78 is 92.6. The number of carbonyl (C=O) groups excluding carboxylic acids is 1. The van der Waals surface area contributed by atoms with Gasteiger partial charge in [-0.15, -0.1) is 0 Å². The van der Waals surface area contributed by atoms with E-state index in [0.717, 1.165) is 19.2 Å². The minimum atomic E-state index is -5.95. The first-order valence-electron chi connectivity index (χ1n) is 6.40. The van der Waals surface area contributed by atoms with E-state index in [9.17, 15) is 35.5 Å². The fourth-order valence-electron chi connectivity index (χ4n) is 1.59. The highest BCUT2D eigenvalue weighted by atomic mass is 35.5. The van der Waals surface area contributed by atoms with Crippen LogP contribution >= 0.6 is 11.6 Å². The number of rotatable bonds is 4. The number of anilines is 1. The van der Waals surface area contributed by atoms with E-state index in [-0.39, 0.29) is 0 Å². The molecule has 0 aromatic heterocycles. The molecule has 1 aromatic carbocycles. The Hall–Kier alpha value is -1.71. The van der Waals surface area contributed by atoms with Crippen LogP contribution in [0, 0.1) is 11.7 Å². The van der Waals surface area contributed by atoms with E-state index in [1.807, 2.05) is 0 Å². The average molecular weight is 381 g/mol. The number of amides is 1. The number of nitrogens with one attached hydrogen (secondary N) is 2. The first-order valence-corrected chi connectivity index (χ1v) is 6.78. The summed E-state index contributed by atoms with van der Waals surface area (Å²) in [6.45, 7) is 2.25. The van der Waals surface area contributed by atoms with Gasteiger partial charge in [-0.2, -0.15) is 26.3 Å². The van der Waals surface area contributed by atoms with Gasteiger partial charge in [-0.05, 0) is 18.2 Å². The molecule has 0 unspecified atom stereocenters. The van der Waals surface area contributed by atoms with Crippen molar-refractivity contribution in [3.05, 3.63) is 29.0 Å². The van der Waals surface area contributed by atoms with Crippen LogP contribution < -0.4 is 10.6 Å². The second-order valence-corrected chi connectivity index (χ2v) is 5.55. The maximum atomic E-state index is 13.3. The van der Waals surface area contributed by atoms with Crippen LogP contribution in [0.4, 0.5) is 36.4 Å². The van der Waals surface area contributed by atoms with Gasteiger partial charge in [-0.25, -0.2) is 4.39 Å².